The maximum absolute atomic E-state index is 15.8. The van der Waals surface area contributed by atoms with E-state index in [-0.39, 0.29) is 30.1 Å². The summed E-state index contributed by atoms with van der Waals surface area (Å²) in [7, 11) is 1.53. The Balaban J connectivity index is 1.47. The van der Waals surface area contributed by atoms with Crippen LogP contribution in [0.1, 0.15) is 43.8 Å². The van der Waals surface area contributed by atoms with E-state index in [0.717, 1.165) is 6.07 Å². The van der Waals surface area contributed by atoms with Gasteiger partial charge in [-0.1, -0.05) is 11.6 Å². The lowest BCUT2D eigenvalue weighted by Gasteiger charge is -2.42. The smallest absolute Gasteiger partial charge is 0.182 e. The lowest BCUT2D eigenvalue weighted by Crippen LogP contribution is -2.45. The standard InChI is InChI=1S/C27H30ClF4N3O2/c1-37-17-2-3-22-18(14-17)25(19(28)15-35-22)20(30)4-6-27(7-10-33-11-8-27)24(36)5-9-34-23-13-16(29)12-21(31)26(23)32/h2-3,12-15,20,24,33-34,36H,4-11H2,1H3/t20-,24+/m1/s1. The van der Waals surface area contributed by atoms with Crippen molar-refractivity contribution < 1.29 is 27.4 Å². The SMILES string of the molecule is COc1ccc2ncc(Cl)c([C@H](F)CCC3([C@@H](O)CCNc4cc(F)cc(F)c4F)CCNCC3)c2c1. The number of nitrogens with one attached hydrogen (secondary N) is 2. The first-order valence-corrected chi connectivity index (χ1v) is 12.7. The van der Waals surface area contributed by atoms with Gasteiger partial charge in [0, 0.05) is 35.8 Å². The second kappa shape index (κ2) is 11.8. The fourth-order valence-corrected chi connectivity index (χ4v) is 5.45. The number of hydrogen-bond acceptors (Lipinski definition) is 5. The summed E-state index contributed by atoms with van der Waals surface area (Å²) in [6.07, 6.45) is 1.18. The molecular formula is C27H30ClF4N3O2. The highest BCUT2D eigenvalue weighted by atomic mass is 35.5. The molecule has 0 saturated carbocycles. The molecule has 37 heavy (non-hydrogen) atoms. The monoisotopic (exact) mass is 539 g/mol. The van der Waals surface area contributed by atoms with Crippen LogP contribution in [0.15, 0.2) is 36.5 Å². The van der Waals surface area contributed by atoms with Gasteiger partial charge in [0.2, 0.25) is 0 Å². The van der Waals surface area contributed by atoms with Gasteiger partial charge in [-0.2, -0.15) is 0 Å². The van der Waals surface area contributed by atoms with Crippen molar-refractivity contribution in [2.45, 2.75) is 44.4 Å². The lowest BCUT2D eigenvalue weighted by atomic mass is 9.69. The van der Waals surface area contributed by atoms with Crippen LogP contribution in [0.4, 0.5) is 23.2 Å². The topological polar surface area (TPSA) is 66.4 Å². The van der Waals surface area contributed by atoms with Crippen LogP contribution in [-0.4, -0.2) is 42.9 Å². The van der Waals surface area contributed by atoms with E-state index in [2.05, 4.69) is 15.6 Å². The third-order valence-electron chi connectivity index (χ3n) is 7.31. The van der Waals surface area contributed by atoms with Crippen molar-refractivity contribution in [1.82, 2.24) is 10.3 Å². The van der Waals surface area contributed by atoms with E-state index in [1.54, 1.807) is 18.2 Å². The molecule has 1 aliphatic rings. The number of anilines is 1. The number of methoxy groups -OCH3 is 1. The molecule has 0 radical (unpaired) electrons. The molecule has 3 N–H and O–H groups in total. The van der Waals surface area contributed by atoms with Crippen molar-refractivity contribution in [2.24, 2.45) is 5.41 Å². The third kappa shape index (κ3) is 6.10. The Kier molecular flexibility index (Phi) is 8.77. The Morgan fingerprint density at radius 1 is 1.16 bits per heavy atom. The molecule has 200 valence electrons. The molecule has 0 spiro atoms. The van der Waals surface area contributed by atoms with Gasteiger partial charge in [0.15, 0.2) is 11.6 Å². The summed E-state index contributed by atoms with van der Waals surface area (Å²) in [5.41, 5.74) is 0.0687. The minimum absolute atomic E-state index is 0.0931. The van der Waals surface area contributed by atoms with Crippen molar-refractivity contribution in [1.29, 1.82) is 0 Å². The minimum Gasteiger partial charge on any atom is -0.497 e. The first-order valence-electron chi connectivity index (χ1n) is 12.3. The molecule has 2 atom stereocenters. The van der Waals surface area contributed by atoms with E-state index in [1.165, 1.54) is 13.3 Å². The average Bonchev–Trinajstić information content (AvgIpc) is 2.90. The quantitative estimate of drug-likeness (QED) is 0.207. The highest BCUT2D eigenvalue weighted by Crippen LogP contribution is 2.43. The Morgan fingerprint density at radius 3 is 2.65 bits per heavy atom. The van der Waals surface area contributed by atoms with Crippen molar-refractivity contribution in [3.8, 4) is 5.75 Å². The van der Waals surface area contributed by atoms with Crippen molar-refractivity contribution in [2.75, 3.05) is 32.1 Å². The van der Waals surface area contributed by atoms with Gasteiger partial charge >= 0.3 is 0 Å². The Bertz CT molecular complexity index is 1240. The molecule has 2 heterocycles. The zero-order valence-electron chi connectivity index (χ0n) is 20.5. The normalized spacial score (nSPS) is 16.9. The van der Waals surface area contributed by atoms with E-state index < -0.39 is 35.1 Å². The summed E-state index contributed by atoms with van der Waals surface area (Å²) in [6.45, 7) is 1.43. The summed E-state index contributed by atoms with van der Waals surface area (Å²) >= 11 is 6.38. The second-order valence-corrected chi connectivity index (χ2v) is 9.91. The molecule has 4 rings (SSSR count). The van der Waals surface area contributed by atoms with E-state index in [4.69, 9.17) is 16.3 Å². The zero-order valence-corrected chi connectivity index (χ0v) is 21.2. The number of aliphatic hydroxyl groups excluding tert-OH is 1. The van der Waals surface area contributed by atoms with E-state index >= 15 is 4.39 Å². The number of fused-ring (bicyclic) bond motifs is 1. The Hall–Kier alpha value is -2.62. The number of aromatic nitrogens is 1. The molecule has 1 aliphatic heterocycles. The number of nitrogens with zero attached hydrogens (tertiary/aromatic N) is 1. The molecule has 0 aliphatic carbocycles. The fourth-order valence-electron chi connectivity index (χ4n) is 5.18. The number of rotatable bonds is 10. The van der Waals surface area contributed by atoms with Gasteiger partial charge in [-0.25, -0.2) is 17.6 Å². The highest BCUT2D eigenvalue weighted by molar-refractivity contribution is 6.32. The van der Waals surface area contributed by atoms with Crippen molar-refractivity contribution in [3.05, 3.63) is 64.6 Å². The molecule has 1 saturated heterocycles. The lowest BCUT2D eigenvalue weighted by molar-refractivity contribution is -0.0139. The molecule has 1 fully saturated rings. The van der Waals surface area contributed by atoms with Crippen LogP contribution >= 0.6 is 11.6 Å². The number of pyridine rings is 1. The molecule has 3 aromatic rings. The van der Waals surface area contributed by atoms with Gasteiger partial charge in [0.1, 0.15) is 17.7 Å². The number of alkyl halides is 1. The summed E-state index contributed by atoms with van der Waals surface area (Å²) in [6, 6.07) is 6.56. The van der Waals surface area contributed by atoms with Crippen LogP contribution in [0.2, 0.25) is 5.02 Å². The van der Waals surface area contributed by atoms with Crippen LogP contribution in [0.5, 0.6) is 5.75 Å². The number of halogens is 5. The number of hydrogen-bond donors (Lipinski definition) is 3. The second-order valence-electron chi connectivity index (χ2n) is 9.50. The summed E-state index contributed by atoms with van der Waals surface area (Å²) in [5.74, 6) is -2.79. The molecule has 0 unspecified atom stereocenters. The van der Waals surface area contributed by atoms with Crippen LogP contribution < -0.4 is 15.4 Å². The van der Waals surface area contributed by atoms with Gasteiger partial charge in [-0.3, -0.25) is 4.98 Å². The van der Waals surface area contributed by atoms with Crippen molar-refractivity contribution in [3.63, 3.8) is 0 Å². The average molecular weight is 540 g/mol. The molecule has 10 heteroatoms. The molecule has 0 bridgehead atoms. The van der Waals surface area contributed by atoms with E-state index in [0.29, 0.717) is 60.6 Å². The Morgan fingerprint density at radius 2 is 1.92 bits per heavy atom. The molecule has 5 nitrogen and oxygen atoms in total. The maximum Gasteiger partial charge on any atom is 0.182 e. The van der Waals surface area contributed by atoms with Crippen LogP contribution in [0.3, 0.4) is 0 Å². The van der Waals surface area contributed by atoms with Gasteiger partial charge in [-0.05, 0) is 68.8 Å². The summed E-state index contributed by atoms with van der Waals surface area (Å²) < 4.78 is 62.0. The van der Waals surface area contributed by atoms with Crippen molar-refractivity contribution >= 4 is 28.2 Å². The van der Waals surface area contributed by atoms with Gasteiger partial charge in [0.25, 0.3) is 0 Å². The number of ether oxygens (including phenoxy) is 1. The van der Waals surface area contributed by atoms with E-state index in [1.807, 2.05) is 0 Å². The third-order valence-corrected chi connectivity index (χ3v) is 7.61. The first kappa shape index (κ1) is 27.4. The predicted molar refractivity (Wildman–Crippen MR) is 136 cm³/mol. The molecule has 2 aromatic carbocycles. The van der Waals surface area contributed by atoms with Gasteiger partial charge in [-0.15, -0.1) is 0 Å². The van der Waals surface area contributed by atoms with Crippen LogP contribution in [0, 0.1) is 22.9 Å². The van der Waals surface area contributed by atoms with Gasteiger partial charge < -0.3 is 20.5 Å². The number of piperidine rings is 1. The Labute approximate surface area is 218 Å². The van der Waals surface area contributed by atoms with Crippen LogP contribution in [-0.2, 0) is 0 Å². The first-order chi connectivity index (χ1) is 17.7. The largest absolute Gasteiger partial charge is 0.497 e. The molecule has 1 aromatic heterocycles. The minimum atomic E-state index is -1.40. The molecule has 0 amide bonds. The van der Waals surface area contributed by atoms with Crippen LogP contribution in [0.25, 0.3) is 10.9 Å². The molecular weight excluding hydrogens is 510 g/mol. The maximum atomic E-state index is 15.8. The number of benzene rings is 2. The highest BCUT2D eigenvalue weighted by Gasteiger charge is 2.39. The summed E-state index contributed by atoms with van der Waals surface area (Å²) in [5, 5.41) is 17.9. The fraction of sp³-hybridized carbons (Fsp3) is 0.444. The predicted octanol–water partition coefficient (Wildman–Crippen LogP) is 6.34. The van der Waals surface area contributed by atoms with E-state index in [9.17, 15) is 18.3 Å². The number of aliphatic hydroxyl groups is 1. The van der Waals surface area contributed by atoms with Gasteiger partial charge in [0.05, 0.1) is 29.4 Å². The summed E-state index contributed by atoms with van der Waals surface area (Å²) in [4.78, 5) is 4.28. The zero-order chi connectivity index (χ0) is 26.6.